The van der Waals surface area contributed by atoms with Crippen LogP contribution < -0.4 is 0 Å². The molecule has 1 fully saturated rings. The summed E-state index contributed by atoms with van der Waals surface area (Å²) in [5.41, 5.74) is 4.35. The predicted octanol–water partition coefficient (Wildman–Crippen LogP) is 5.84. The van der Waals surface area contributed by atoms with Crippen LogP contribution in [-0.2, 0) is 0 Å². The molecule has 0 bridgehead atoms. The summed E-state index contributed by atoms with van der Waals surface area (Å²) in [6, 6.07) is 13.1. The van der Waals surface area contributed by atoms with Gasteiger partial charge in [0.15, 0.2) is 0 Å². The lowest BCUT2D eigenvalue weighted by molar-refractivity contribution is 0.275. The van der Waals surface area contributed by atoms with E-state index in [1.54, 1.807) is 24.3 Å². The molecule has 132 valence electrons. The smallest absolute Gasteiger partial charge is 0.123 e. The summed E-state index contributed by atoms with van der Waals surface area (Å²) < 4.78 is 26.7. The quantitative estimate of drug-likeness (QED) is 0.490. The number of nitrogens with zero attached hydrogens (tertiary/aromatic N) is 1. The molecule has 1 saturated heterocycles. The van der Waals surface area contributed by atoms with E-state index in [0.717, 1.165) is 49.1 Å². The Bertz CT molecular complexity index is 688. The van der Waals surface area contributed by atoms with Gasteiger partial charge in [0.25, 0.3) is 0 Å². The highest BCUT2D eigenvalue weighted by molar-refractivity contribution is 6.20. The third kappa shape index (κ3) is 4.47. The van der Waals surface area contributed by atoms with Crippen LogP contribution in [0.3, 0.4) is 0 Å². The first-order valence-corrected chi connectivity index (χ1v) is 9.10. The SMILES string of the molecule is CC(Cl)N1CCCC(=C(c2ccc(F)cc2)c2ccc(F)cc2)CC1. The largest absolute Gasteiger partial charge is 0.287 e. The third-order valence-electron chi connectivity index (χ3n) is 4.75. The summed E-state index contributed by atoms with van der Waals surface area (Å²) in [7, 11) is 0. The molecular formula is C21H22ClF2N. The normalized spacial score (nSPS) is 17.2. The zero-order valence-electron chi connectivity index (χ0n) is 14.3. The first-order chi connectivity index (χ1) is 12.0. The van der Waals surface area contributed by atoms with Gasteiger partial charge in [0.2, 0.25) is 0 Å². The number of halogens is 3. The van der Waals surface area contributed by atoms with E-state index >= 15 is 0 Å². The lowest BCUT2D eigenvalue weighted by atomic mass is 9.90. The van der Waals surface area contributed by atoms with Gasteiger partial charge in [0.05, 0.1) is 5.50 Å². The summed E-state index contributed by atoms with van der Waals surface area (Å²) in [5, 5.41) is 0. The van der Waals surface area contributed by atoms with Crippen molar-refractivity contribution in [3.8, 4) is 0 Å². The average Bonchev–Trinajstić information content (AvgIpc) is 2.85. The maximum Gasteiger partial charge on any atom is 0.123 e. The fourth-order valence-corrected chi connectivity index (χ4v) is 3.62. The topological polar surface area (TPSA) is 3.24 Å². The Kier molecular flexibility index (Phi) is 5.87. The lowest BCUT2D eigenvalue weighted by Gasteiger charge is -2.22. The minimum absolute atomic E-state index is 0.0134. The number of alkyl halides is 1. The number of likely N-dealkylation sites (tertiary alicyclic amines) is 1. The van der Waals surface area contributed by atoms with Crippen LogP contribution in [0.25, 0.3) is 5.57 Å². The summed E-state index contributed by atoms with van der Waals surface area (Å²) in [6.45, 7) is 3.86. The lowest BCUT2D eigenvalue weighted by Crippen LogP contribution is -2.29. The first kappa shape index (κ1) is 18.1. The van der Waals surface area contributed by atoms with E-state index in [2.05, 4.69) is 4.90 Å². The highest BCUT2D eigenvalue weighted by atomic mass is 35.5. The predicted molar refractivity (Wildman–Crippen MR) is 99.6 cm³/mol. The number of benzene rings is 2. The number of hydrogen-bond donors (Lipinski definition) is 0. The fraction of sp³-hybridized carbons (Fsp3) is 0.333. The second-order valence-corrected chi connectivity index (χ2v) is 7.09. The van der Waals surface area contributed by atoms with E-state index in [-0.39, 0.29) is 17.1 Å². The Morgan fingerprint density at radius 1 is 0.880 bits per heavy atom. The van der Waals surface area contributed by atoms with Crippen LogP contribution in [0, 0.1) is 11.6 Å². The summed E-state index contributed by atoms with van der Waals surface area (Å²) in [5.74, 6) is -0.509. The van der Waals surface area contributed by atoms with E-state index in [4.69, 9.17) is 11.6 Å². The molecule has 1 aliphatic heterocycles. The van der Waals surface area contributed by atoms with Gasteiger partial charge in [-0.25, -0.2) is 8.78 Å². The second-order valence-electron chi connectivity index (χ2n) is 6.46. The minimum atomic E-state index is -0.254. The average molecular weight is 362 g/mol. The van der Waals surface area contributed by atoms with Crippen molar-refractivity contribution in [2.24, 2.45) is 0 Å². The van der Waals surface area contributed by atoms with Crippen LogP contribution in [-0.4, -0.2) is 23.5 Å². The van der Waals surface area contributed by atoms with E-state index < -0.39 is 0 Å². The Balaban J connectivity index is 2.03. The van der Waals surface area contributed by atoms with E-state index in [1.807, 2.05) is 6.92 Å². The molecule has 3 rings (SSSR count). The third-order valence-corrected chi connectivity index (χ3v) is 5.02. The molecule has 0 amide bonds. The molecule has 1 atom stereocenters. The van der Waals surface area contributed by atoms with Crippen LogP contribution >= 0.6 is 11.6 Å². The molecule has 0 aliphatic carbocycles. The molecule has 4 heteroatoms. The van der Waals surface area contributed by atoms with Gasteiger partial charge in [0, 0.05) is 6.54 Å². The Morgan fingerprint density at radius 3 is 1.88 bits per heavy atom. The summed E-state index contributed by atoms with van der Waals surface area (Å²) in [4.78, 5) is 2.27. The summed E-state index contributed by atoms with van der Waals surface area (Å²) >= 11 is 6.25. The van der Waals surface area contributed by atoms with E-state index in [0.29, 0.717) is 0 Å². The monoisotopic (exact) mass is 361 g/mol. The zero-order chi connectivity index (χ0) is 17.8. The van der Waals surface area contributed by atoms with Gasteiger partial charge < -0.3 is 0 Å². The molecule has 1 nitrogen and oxygen atoms in total. The highest BCUT2D eigenvalue weighted by Gasteiger charge is 2.19. The fourth-order valence-electron chi connectivity index (χ4n) is 3.42. The molecule has 2 aromatic carbocycles. The Labute approximate surface area is 152 Å². The molecule has 0 aromatic heterocycles. The van der Waals surface area contributed by atoms with Crippen molar-refractivity contribution in [3.05, 3.63) is 76.9 Å². The van der Waals surface area contributed by atoms with Crippen molar-refractivity contribution in [2.45, 2.75) is 31.7 Å². The van der Waals surface area contributed by atoms with Crippen LogP contribution in [0.5, 0.6) is 0 Å². The van der Waals surface area contributed by atoms with Crippen molar-refractivity contribution >= 4 is 17.2 Å². The van der Waals surface area contributed by atoms with Gasteiger partial charge in [-0.05, 0) is 73.7 Å². The molecule has 0 spiro atoms. The van der Waals surface area contributed by atoms with Crippen molar-refractivity contribution in [1.82, 2.24) is 4.90 Å². The first-order valence-electron chi connectivity index (χ1n) is 8.66. The molecule has 0 saturated carbocycles. The maximum atomic E-state index is 13.4. The van der Waals surface area contributed by atoms with E-state index in [9.17, 15) is 8.78 Å². The molecule has 0 radical (unpaired) electrons. The molecular weight excluding hydrogens is 340 g/mol. The Morgan fingerprint density at radius 2 is 1.40 bits per heavy atom. The van der Waals surface area contributed by atoms with Crippen LogP contribution in [0.1, 0.15) is 37.3 Å². The standard InChI is InChI=1S/C21H22ClF2N/c1-15(22)25-13-2-3-16(12-14-25)21(17-4-8-19(23)9-5-17)18-6-10-20(24)11-7-18/h4-11,15H,2-3,12-14H2,1H3. The molecule has 1 heterocycles. The minimum Gasteiger partial charge on any atom is -0.287 e. The van der Waals surface area contributed by atoms with Crippen molar-refractivity contribution in [2.75, 3.05) is 13.1 Å². The van der Waals surface area contributed by atoms with Crippen LogP contribution in [0.4, 0.5) is 8.78 Å². The number of hydrogen-bond acceptors (Lipinski definition) is 1. The molecule has 1 unspecified atom stereocenters. The highest BCUT2D eigenvalue weighted by Crippen LogP contribution is 2.33. The second kappa shape index (κ2) is 8.11. The van der Waals surface area contributed by atoms with Gasteiger partial charge in [-0.1, -0.05) is 29.8 Å². The van der Waals surface area contributed by atoms with Gasteiger partial charge in [-0.2, -0.15) is 0 Å². The maximum absolute atomic E-state index is 13.4. The van der Waals surface area contributed by atoms with Crippen LogP contribution in [0.15, 0.2) is 54.1 Å². The molecule has 1 aliphatic rings. The summed E-state index contributed by atoms with van der Waals surface area (Å²) in [6.07, 6.45) is 2.89. The van der Waals surface area contributed by atoms with Crippen LogP contribution in [0.2, 0.25) is 0 Å². The van der Waals surface area contributed by atoms with Gasteiger partial charge in [-0.3, -0.25) is 4.90 Å². The van der Waals surface area contributed by atoms with Crippen molar-refractivity contribution < 1.29 is 8.78 Å². The van der Waals surface area contributed by atoms with Crippen molar-refractivity contribution in [1.29, 1.82) is 0 Å². The Hall–Kier alpha value is -1.71. The molecule has 25 heavy (non-hydrogen) atoms. The van der Waals surface area contributed by atoms with Gasteiger partial charge in [-0.15, -0.1) is 11.6 Å². The van der Waals surface area contributed by atoms with Gasteiger partial charge >= 0.3 is 0 Å². The van der Waals surface area contributed by atoms with Gasteiger partial charge in [0.1, 0.15) is 11.6 Å². The van der Waals surface area contributed by atoms with Crippen molar-refractivity contribution in [3.63, 3.8) is 0 Å². The zero-order valence-corrected chi connectivity index (χ0v) is 15.1. The number of rotatable bonds is 3. The molecule has 0 N–H and O–H groups in total. The van der Waals surface area contributed by atoms with E-state index in [1.165, 1.54) is 29.8 Å². The molecule has 2 aromatic rings.